The van der Waals surface area contributed by atoms with Crippen LogP contribution in [0.4, 0.5) is 5.00 Å². The van der Waals surface area contributed by atoms with Crippen LogP contribution < -0.4 is 5.32 Å². The van der Waals surface area contributed by atoms with Crippen LogP contribution in [0, 0.1) is 18.3 Å². The van der Waals surface area contributed by atoms with Crippen molar-refractivity contribution in [1.82, 2.24) is 4.98 Å². The van der Waals surface area contributed by atoms with Crippen molar-refractivity contribution < 1.29 is 19.1 Å². The number of hydrogen-bond donors (Lipinski definition) is 1. The molecule has 0 saturated heterocycles. The smallest absolute Gasteiger partial charge is 0.348 e. The summed E-state index contributed by atoms with van der Waals surface area (Å²) >= 11 is 2.42. The van der Waals surface area contributed by atoms with E-state index in [2.05, 4.69) is 28.5 Å². The predicted molar refractivity (Wildman–Crippen MR) is 139 cm³/mol. The standard InChI is InChI=1S/C26H21N3O4S2/c1-4-33-25(30)21-15(2)22(26(31)32-3)35-24(21)28-13-19(12-27)23-29-20(14-34-23)18-10-9-16-7-5-6-8-17(16)11-18/h5-11,13-14,28H,4H2,1-3H3/b19-13-. The van der Waals surface area contributed by atoms with E-state index in [0.29, 0.717) is 21.1 Å². The lowest BCUT2D eigenvalue weighted by Crippen LogP contribution is -2.08. The number of carbonyl (C=O) groups excluding carboxylic acids is 2. The van der Waals surface area contributed by atoms with E-state index in [4.69, 9.17) is 9.47 Å². The Morgan fingerprint density at radius 2 is 1.94 bits per heavy atom. The molecule has 1 N–H and O–H groups in total. The van der Waals surface area contributed by atoms with Crippen LogP contribution in [0.15, 0.2) is 54.0 Å². The third kappa shape index (κ3) is 4.94. The predicted octanol–water partition coefficient (Wildman–Crippen LogP) is 6.27. The van der Waals surface area contributed by atoms with Gasteiger partial charge in [-0.1, -0.05) is 36.4 Å². The molecule has 0 aliphatic carbocycles. The quantitative estimate of drug-likeness (QED) is 0.234. The number of rotatable bonds is 7. The normalized spacial score (nSPS) is 11.2. The van der Waals surface area contributed by atoms with Gasteiger partial charge < -0.3 is 14.8 Å². The van der Waals surface area contributed by atoms with Gasteiger partial charge in [-0.2, -0.15) is 5.26 Å². The lowest BCUT2D eigenvalue weighted by molar-refractivity contribution is 0.0527. The van der Waals surface area contributed by atoms with Gasteiger partial charge in [0.2, 0.25) is 0 Å². The molecule has 176 valence electrons. The molecule has 0 aliphatic rings. The minimum absolute atomic E-state index is 0.192. The highest BCUT2D eigenvalue weighted by molar-refractivity contribution is 7.18. The summed E-state index contributed by atoms with van der Waals surface area (Å²) in [4.78, 5) is 29.6. The number of fused-ring (bicyclic) bond motifs is 1. The first-order valence-electron chi connectivity index (χ1n) is 10.7. The molecule has 9 heteroatoms. The van der Waals surface area contributed by atoms with E-state index < -0.39 is 11.9 Å². The Balaban J connectivity index is 1.65. The van der Waals surface area contributed by atoms with Crippen LogP contribution in [-0.2, 0) is 9.47 Å². The third-order valence-corrected chi connectivity index (χ3v) is 7.32. The molecule has 7 nitrogen and oxygen atoms in total. The average Bonchev–Trinajstić information content (AvgIpc) is 3.49. The summed E-state index contributed by atoms with van der Waals surface area (Å²) in [6.45, 7) is 3.56. The summed E-state index contributed by atoms with van der Waals surface area (Å²) in [5.74, 6) is -1.10. The summed E-state index contributed by atoms with van der Waals surface area (Å²) in [5.41, 5.74) is 2.72. The van der Waals surface area contributed by atoms with Crippen LogP contribution in [0.1, 0.15) is 37.5 Å². The zero-order chi connectivity index (χ0) is 24.9. The van der Waals surface area contributed by atoms with Crippen molar-refractivity contribution in [3.05, 3.63) is 75.1 Å². The molecule has 0 spiro atoms. The van der Waals surface area contributed by atoms with Crippen molar-refractivity contribution >= 4 is 56.0 Å². The number of methoxy groups -OCH3 is 1. The summed E-state index contributed by atoms with van der Waals surface area (Å²) in [7, 11) is 1.28. The summed E-state index contributed by atoms with van der Waals surface area (Å²) in [5, 5.41) is 17.9. The molecule has 4 aromatic rings. The largest absolute Gasteiger partial charge is 0.465 e. The zero-order valence-corrected chi connectivity index (χ0v) is 20.9. The van der Waals surface area contributed by atoms with Crippen LogP contribution in [0.25, 0.3) is 27.6 Å². The first-order chi connectivity index (χ1) is 17.0. The van der Waals surface area contributed by atoms with E-state index in [9.17, 15) is 14.9 Å². The molecule has 0 atom stereocenters. The van der Waals surface area contributed by atoms with Gasteiger partial charge in [0.05, 0.1) is 25.0 Å². The second-order valence-electron chi connectivity index (χ2n) is 7.39. The van der Waals surface area contributed by atoms with Crippen LogP contribution in [0.3, 0.4) is 0 Å². The number of thiazole rings is 1. The number of thiophene rings is 1. The average molecular weight is 504 g/mol. The van der Waals surface area contributed by atoms with Crippen LogP contribution >= 0.6 is 22.7 Å². The third-order valence-electron chi connectivity index (χ3n) is 5.25. The van der Waals surface area contributed by atoms with Gasteiger partial charge in [-0.3, -0.25) is 0 Å². The molecule has 0 radical (unpaired) electrons. The van der Waals surface area contributed by atoms with Gasteiger partial charge in [0.25, 0.3) is 0 Å². The fourth-order valence-corrected chi connectivity index (χ4v) is 5.39. The molecule has 0 fully saturated rings. The second kappa shape index (κ2) is 10.5. The summed E-state index contributed by atoms with van der Waals surface area (Å²) in [6.07, 6.45) is 1.48. The molecule has 0 unspecified atom stereocenters. The van der Waals surface area contributed by atoms with Crippen LogP contribution in [-0.4, -0.2) is 30.6 Å². The maximum absolute atomic E-state index is 12.5. The van der Waals surface area contributed by atoms with E-state index in [1.165, 1.54) is 24.6 Å². The first kappa shape index (κ1) is 24.1. The fraction of sp³-hybridized carbons (Fsp3) is 0.154. The molecular formula is C26H21N3O4S2. The number of aromatic nitrogens is 1. The maximum atomic E-state index is 12.5. The maximum Gasteiger partial charge on any atom is 0.348 e. The molecule has 0 bridgehead atoms. The number of carbonyl (C=O) groups is 2. The lowest BCUT2D eigenvalue weighted by atomic mass is 10.1. The second-order valence-corrected chi connectivity index (χ2v) is 9.27. The molecule has 0 amide bonds. The van der Waals surface area contributed by atoms with Crippen molar-refractivity contribution in [2.24, 2.45) is 0 Å². The van der Waals surface area contributed by atoms with Crippen molar-refractivity contribution in [1.29, 1.82) is 5.26 Å². The molecule has 35 heavy (non-hydrogen) atoms. The number of ether oxygens (including phenoxy) is 2. The highest BCUT2D eigenvalue weighted by Gasteiger charge is 2.26. The van der Waals surface area contributed by atoms with Gasteiger partial charge in [0, 0.05) is 17.1 Å². The van der Waals surface area contributed by atoms with Crippen molar-refractivity contribution in [2.75, 3.05) is 19.0 Å². The fourth-order valence-electron chi connectivity index (χ4n) is 3.51. The number of nitrogens with one attached hydrogen (secondary N) is 1. The zero-order valence-electron chi connectivity index (χ0n) is 19.2. The van der Waals surface area contributed by atoms with E-state index in [-0.39, 0.29) is 17.0 Å². The van der Waals surface area contributed by atoms with E-state index in [1.807, 2.05) is 35.7 Å². The minimum Gasteiger partial charge on any atom is -0.465 e. The number of hydrogen-bond acceptors (Lipinski definition) is 9. The molecule has 4 rings (SSSR count). The number of nitrogens with zero attached hydrogens (tertiary/aromatic N) is 2. The van der Waals surface area contributed by atoms with Gasteiger partial charge >= 0.3 is 11.9 Å². The Kier molecular flexibility index (Phi) is 7.25. The molecule has 2 aromatic heterocycles. The van der Waals surface area contributed by atoms with E-state index >= 15 is 0 Å². The Bertz CT molecular complexity index is 1490. The molecule has 2 heterocycles. The monoisotopic (exact) mass is 503 g/mol. The van der Waals surface area contributed by atoms with Gasteiger partial charge in [-0.05, 0) is 36.2 Å². The Labute approximate surface area is 210 Å². The lowest BCUT2D eigenvalue weighted by Gasteiger charge is -2.05. The summed E-state index contributed by atoms with van der Waals surface area (Å²) < 4.78 is 9.98. The van der Waals surface area contributed by atoms with Crippen molar-refractivity contribution in [3.63, 3.8) is 0 Å². The SMILES string of the molecule is CCOC(=O)c1c(N/C=C(/C#N)c2nc(-c3ccc4ccccc4c3)cs2)sc(C(=O)OC)c1C. The van der Waals surface area contributed by atoms with Crippen molar-refractivity contribution in [3.8, 4) is 17.3 Å². The Morgan fingerprint density at radius 3 is 2.66 bits per heavy atom. The number of esters is 2. The number of anilines is 1. The first-order valence-corrected chi connectivity index (χ1v) is 12.4. The van der Waals surface area contributed by atoms with E-state index in [1.54, 1.807) is 13.8 Å². The molecule has 0 aliphatic heterocycles. The summed E-state index contributed by atoms with van der Waals surface area (Å²) in [6, 6.07) is 16.4. The van der Waals surface area contributed by atoms with Gasteiger partial charge in [0.1, 0.15) is 26.5 Å². The molecular weight excluding hydrogens is 482 g/mol. The van der Waals surface area contributed by atoms with Gasteiger partial charge in [0.15, 0.2) is 0 Å². The highest BCUT2D eigenvalue weighted by atomic mass is 32.1. The Morgan fingerprint density at radius 1 is 1.17 bits per heavy atom. The van der Waals surface area contributed by atoms with Gasteiger partial charge in [-0.15, -0.1) is 22.7 Å². The molecule has 0 saturated carbocycles. The minimum atomic E-state index is -0.557. The number of allylic oxidation sites excluding steroid dienone is 1. The Hall–Kier alpha value is -4.00. The topological polar surface area (TPSA) is 101 Å². The van der Waals surface area contributed by atoms with Gasteiger partial charge in [-0.25, -0.2) is 14.6 Å². The number of benzene rings is 2. The van der Waals surface area contributed by atoms with Crippen LogP contribution in [0.2, 0.25) is 0 Å². The van der Waals surface area contributed by atoms with Crippen molar-refractivity contribution in [2.45, 2.75) is 13.8 Å². The van der Waals surface area contributed by atoms with E-state index in [0.717, 1.165) is 33.4 Å². The van der Waals surface area contributed by atoms with Crippen LogP contribution in [0.5, 0.6) is 0 Å². The highest BCUT2D eigenvalue weighted by Crippen LogP contribution is 2.35. The number of nitriles is 1. The molecule has 2 aromatic carbocycles.